The van der Waals surface area contributed by atoms with Gasteiger partial charge in [0.1, 0.15) is 29.4 Å². The maximum Gasteiger partial charge on any atom is 0.360 e. The molecular formula is C29H28FN3O5. The van der Waals surface area contributed by atoms with Gasteiger partial charge in [-0.25, -0.2) is 14.2 Å². The number of ether oxygens (including phenoxy) is 3. The Morgan fingerprint density at radius 1 is 0.947 bits per heavy atom. The van der Waals surface area contributed by atoms with Crippen LogP contribution in [0.4, 0.5) is 4.39 Å². The summed E-state index contributed by atoms with van der Waals surface area (Å²) in [7, 11) is 2.81. The molecule has 9 heteroatoms. The molecule has 2 heterocycles. The number of rotatable bonds is 9. The van der Waals surface area contributed by atoms with Crippen molar-refractivity contribution in [1.29, 1.82) is 0 Å². The summed E-state index contributed by atoms with van der Waals surface area (Å²) in [5.41, 5.74) is 2.64. The Bertz CT molecular complexity index is 1450. The highest BCUT2D eigenvalue weighted by atomic mass is 19.1. The molecular weight excluding hydrogens is 489 g/mol. The molecule has 0 radical (unpaired) electrons. The van der Waals surface area contributed by atoms with E-state index in [9.17, 15) is 14.0 Å². The number of nitrogens with zero attached hydrogens (tertiary/aromatic N) is 2. The van der Waals surface area contributed by atoms with Crippen LogP contribution in [0.3, 0.4) is 0 Å². The molecule has 0 aliphatic carbocycles. The average Bonchev–Trinajstić information content (AvgIpc) is 2.92. The van der Waals surface area contributed by atoms with Gasteiger partial charge in [-0.05, 0) is 67.3 Å². The van der Waals surface area contributed by atoms with Gasteiger partial charge < -0.3 is 19.5 Å². The van der Waals surface area contributed by atoms with Gasteiger partial charge in [-0.1, -0.05) is 24.3 Å². The third kappa shape index (κ3) is 6.05. The SMILES string of the molecule is COC(=O)c1nc(C(=O)NC(C)C)c2cc(Cc3ccc(F)cc3)cnc2c1OCc1ccc(OC)cc1. The normalized spacial score (nSPS) is 10.9. The number of nitrogens with one attached hydrogen (secondary N) is 1. The number of esters is 1. The summed E-state index contributed by atoms with van der Waals surface area (Å²) in [4.78, 5) is 34.9. The third-order valence-electron chi connectivity index (χ3n) is 5.73. The number of hydrogen-bond acceptors (Lipinski definition) is 7. The predicted octanol–water partition coefficient (Wildman–Crippen LogP) is 4.87. The fourth-order valence-corrected chi connectivity index (χ4v) is 3.89. The van der Waals surface area contributed by atoms with Crippen LogP contribution in [-0.4, -0.2) is 42.1 Å². The van der Waals surface area contributed by atoms with Crippen molar-refractivity contribution in [3.05, 3.63) is 94.7 Å². The van der Waals surface area contributed by atoms with E-state index >= 15 is 0 Å². The second kappa shape index (κ2) is 11.7. The van der Waals surface area contributed by atoms with Crippen molar-refractivity contribution >= 4 is 22.8 Å². The lowest BCUT2D eigenvalue weighted by Crippen LogP contribution is -2.31. The smallest absolute Gasteiger partial charge is 0.360 e. The fourth-order valence-electron chi connectivity index (χ4n) is 3.89. The fraction of sp³-hybridized carbons (Fsp3) is 0.241. The molecule has 4 rings (SSSR count). The summed E-state index contributed by atoms with van der Waals surface area (Å²) < 4.78 is 29.6. The predicted molar refractivity (Wildman–Crippen MR) is 140 cm³/mol. The molecule has 2 aromatic carbocycles. The molecule has 0 fully saturated rings. The van der Waals surface area contributed by atoms with Crippen LogP contribution < -0.4 is 14.8 Å². The summed E-state index contributed by atoms with van der Waals surface area (Å²) in [6, 6.07) is 15.1. The minimum Gasteiger partial charge on any atom is -0.497 e. The lowest BCUT2D eigenvalue weighted by Gasteiger charge is -2.16. The van der Waals surface area contributed by atoms with Gasteiger partial charge in [0, 0.05) is 17.6 Å². The van der Waals surface area contributed by atoms with E-state index in [1.165, 1.54) is 19.2 Å². The first-order valence-electron chi connectivity index (χ1n) is 12.0. The second-order valence-corrected chi connectivity index (χ2v) is 8.94. The van der Waals surface area contributed by atoms with Gasteiger partial charge in [0.05, 0.1) is 14.2 Å². The number of benzene rings is 2. The molecule has 0 spiro atoms. The Kier molecular flexibility index (Phi) is 8.15. The molecule has 196 valence electrons. The molecule has 38 heavy (non-hydrogen) atoms. The van der Waals surface area contributed by atoms with Crippen LogP contribution in [0.1, 0.15) is 51.5 Å². The van der Waals surface area contributed by atoms with Crippen molar-refractivity contribution in [2.75, 3.05) is 14.2 Å². The zero-order chi connectivity index (χ0) is 27.2. The van der Waals surface area contributed by atoms with Gasteiger partial charge in [0.15, 0.2) is 11.4 Å². The average molecular weight is 518 g/mol. The van der Waals surface area contributed by atoms with E-state index < -0.39 is 11.9 Å². The first-order valence-corrected chi connectivity index (χ1v) is 12.0. The summed E-state index contributed by atoms with van der Waals surface area (Å²) in [6.45, 7) is 3.76. The topological polar surface area (TPSA) is 99.6 Å². The lowest BCUT2D eigenvalue weighted by molar-refractivity contribution is 0.0588. The minimum absolute atomic E-state index is 0.0272. The molecule has 4 aromatic rings. The van der Waals surface area contributed by atoms with Crippen LogP contribution in [-0.2, 0) is 17.8 Å². The molecule has 0 aliphatic rings. The Balaban J connectivity index is 1.82. The van der Waals surface area contributed by atoms with Crippen LogP contribution in [0.5, 0.6) is 11.5 Å². The maximum atomic E-state index is 13.4. The van der Waals surface area contributed by atoms with E-state index in [1.54, 1.807) is 43.6 Å². The number of halogens is 1. The van der Waals surface area contributed by atoms with E-state index in [2.05, 4.69) is 15.3 Å². The zero-order valence-electron chi connectivity index (χ0n) is 21.6. The molecule has 2 aromatic heterocycles. The van der Waals surface area contributed by atoms with Crippen molar-refractivity contribution < 1.29 is 28.2 Å². The number of hydrogen-bond donors (Lipinski definition) is 1. The monoisotopic (exact) mass is 517 g/mol. The van der Waals surface area contributed by atoms with Crippen LogP contribution >= 0.6 is 0 Å². The number of methoxy groups -OCH3 is 2. The van der Waals surface area contributed by atoms with Crippen LogP contribution in [0, 0.1) is 5.82 Å². The second-order valence-electron chi connectivity index (χ2n) is 8.94. The molecule has 8 nitrogen and oxygen atoms in total. The standard InChI is InChI=1S/C29H28FN3O5/c1-17(2)32-28(34)25-23-14-20(13-18-5-9-21(30)10-6-18)15-31-24(23)27(26(33-25)29(35)37-4)38-16-19-7-11-22(36-3)12-8-19/h5-12,14-15,17H,13,16H2,1-4H3,(H,32,34). The van der Waals surface area contributed by atoms with Crippen molar-refractivity contribution in [2.24, 2.45) is 0 Å². The van der Waals surface area contributed by atoms with Crippen molar-refractivity contribution in [3.63, 3.8) is 0 Å². The summed E-state index contributed by atoms with van der Waals surface area (Å²) >= 11 is 0. The van der Waals surface area contributed by atoms with Gasteiger partial charge in [-0.15, -0.1) is 0 Å². The molecule has 1 N–H and O–H groups in total. The lowest BCUT2D eigenvalue weighted by atomic mass is 10.0. The van der Waals surface area contributed by atoms with E-state index in [0.29, 0.717) is 23.1 Å². The van der Waals surface area contributed by atoms with Gasteiger partial charge in [-0.3, -0.25) is 9.78 Å². The first-order chi connectivity index (χ1) is 18.3. The Morgan fingerprint density at radius 3 is 2.26 bits per heavy atom. The van der Waals surface area contributed by atoms with Gasteiger partial charge in [-0.2, -0.15) is 0 Å². The van der Waals surface area contributed by atoms with Crippen LogP contribution in [0.2, 0.25) is 0 Å². The van der Waals surface area contributed by atoms with E-state index in [-0.39, 0.29) is 35.6 Å². The van der Waals surface area contributed by atoms with Crippen molar-refractivity contribution in [1.82, 2.24) is 15.3 Å². The Labute approximate surface area is 219 Å². The van der Waals surface area contributed by atoms with Crippen molar-refractivity contribution in [3.8, 4) is 11.5 Å². The first kappa shape index (κ1) is 26.5. The highest BCUT2D eigenvalue weighted by molar-refractivity contribution is 6.09. The van der Waals surface area contributed by atoms with Gasteiger partial charge >= 0.3 is 5.97 Å². The van der Waals surface area contributed by atoms with E-state index in [0.717, 1.165) is 16.7 Å². The third-order valence-corrected chi connectivity index (χ3v) is 5.73. The van der Waals surface area contributed by atoms with Crippen LogP contribution in [0.15, 0.2) is 60.8 Å². The number of pyridine rings is 2. The van der Waals surface area contributed by atoms with E-state index in [1.807, 2.05) is 26.0 Å². The summed E-state index contributed by atoms with van der Waals surface area (Å²) in [5, 5.41) is 3.24. The Hall–Kier alpha value is -4.53. The number of amides is 1. The van der Waals surface area contributed by atoms with E-state index in [4.69, 9.17) is 14.2 Å². The van der Waals surface area contributed by atoms with Gasteiger partial charge in [0.25, 0.3) is 5.91 Å². The molecule has 0 saturated heterocycles. The quantitative estimate of drug-likeness (QED) is 0.316. The molecule has 0 bridgehead atoms. The number of carbonyl (C=O) groups is 2. The molecule has 1 amide bonds. The van der Waals surface area contributed by atoms with Crippen LogP contribution in [0.25, 0.3) is 10.9 Å². The number of aromatic nitrogens is 2. The molecule has 0 aliphatic heterocycles. The van der Waals surface area contributed by atoms with Gasteiger partial charge in [0.2, 0.25) is 0 Å². The van der Waals surface area contributed by atoms with Crippen molar-refractivity contribution in [2.45, 2.75) is 32.9 Å². The zero-order valence-corrected chi connectivity index (χ0v) is 21.6. The molecule has 0 unspecified atom stereocenters. The maximum absolute atomic E-state index is 13.4. The highest BCUT2D eigenvalue weighted by Gasteiger charge is 2.26. The highest BCUT2D eigenvalue weighted by Crippen LogP contribution is 2.32. The molecule has 0 saturated carbocycles. The Morgan fingerprint density at radius 2 is 1.63 bits per heavy atom. The summed E-state index contributed by atoms with van der Waals surface area (Å²) in [5.74, 6) is -0.731. The largest absolute Gasteiger partial charge is 0.497 e. The minimum atomic E-state index is -0.757. The molecule has 0 atom stereocenters. The number of fused-ring (bicyclic) bond motifs is 1. The number of carbonyl (C=O) groups excluding carboxylic acids is 2. The summed E-state index contributed by atoms with van der Waals surface area (Å²) in [6.07, 6.45) is 2.09.